The highest BCUT2D eigenvalue weighted by Gasteiger charge is 2.56. The predicted octanol–water partition coefficient (Wildman–Crippen LogP) is 5.01. The molecule has 4 atom stereocenters. The van der Waals surface area contributed by atoms with E-state index >= 15 is 0 Å². The van der Waals surface area contributed by atoms with Crippen molar-refractivity contribution in [1.82, 2.24) is 25.2 Å². The number of allylic oxidation sites excluding steroid dienone is 1. The first-order valence-corrected chi connectivity index (χ1v) is 21.9. The molecule has 7 rings (SSSR count). The third-order valence-electron chi connectivity index (χ3n) is 11.8. The predicted molar refractivity (Wildman–Crippen MR) is 216 cm³/mol. The average molecular weight is 820 g/mol. The van der Waals surface area contributed by atoms with Crippen LogP contribution in [-0.2, 0) is 35.6 Å². The second kappa shape index (κ2) is 16.7. The minimum atomic E-state index is -4.17. The van der Waals surface area contributed by atoms with Crippen LogP contribution >= 0.6 is 0 Å². The molecule has 1 aromatic heterocycles. The molecule has 2 fully saturated rings. The molecule has 4 heterocycles. The van der Waals surface area contributed by atoms with Gasteiger partial charge >= 0.3 is 0 Å². The lowest BCUT2D eigenvalue weighted by Gasteiger charge is -2.37. The van der Waals surface area contributed by atoms with E-state index in [-0.39, 0.29) is 31.5 Å². The Morgan fingerprint density at radius 2 is 1.90 bits per heavy atom. The summed E-state index contributed by atoms with van der Waals surface area (Å²) in [4.78, 5) is 49.5. The number of para-hydroxylation sites is 1. The second-order valence-electron chi connectivity index (χ2n) is 17.0. The number of hydrogen-bond donors (Lipinski definition) is 4. The molecule has 2 aromatic carbocycles. The number of pyridine rings is 1. The molecule has 58 heavy (non-hydrogen) atoms. The van der Waals surface area contributed by atoms with Crippen LogP contribution in [0.1, 0.15) is 90.5 Å². The Kier molecular flexibility index (Phi) is 12.0. The summed E-state index contributed by atoms with van der Waals surface area (Å²) in [5.41, 5.74) is -1.26. The third-order valence-corrected chi connectivity index (χ3v) is 14.0. The number of benzene rings is 2. The maximum atomic E-state index is 14.8. The molecule has 1 saturated heterocycles. The Balaban J connectivity index is 1.26. The second-order valence-corrected chi connectivity index (χ2v) is 19.2. The lowest BCUT2D eigenvalue weighted by Crippen LogP contribution is -2.63. The van der Waals surface area contributed by atoms with Gasteiger partial charge in [0.2, 0.25) is 27.6 Å². The number of carbonyl (C=O) groups excluding carboxylic acids is 3. The molecule has 15 heteroatoms. The van der Waals surface area contributed by atoms with Gasteiger partial charge in [0.05, 0.1) is 36.2 Å². The van der Waals surface area contributed by atoms with Crippen molar-refractivity contribution in [3.8, 4) is 17.0 Å². The fourth-order valence-electron chi connectivity index (χ4n) is 8.13. The van der Waals surface area contributed by atoms with E-state index in [1.807, 2.05) is 42.8 Å². The average Bonchev–Trinajstić information content (AvgIpc) is 3.85. The van der Waals surface area contributed by atoms with Crippen LogP contribution in [0.5, 0.6) is 5.75 Å². The van der Waals surface area contributed by atoms with Crippen LogP contribution in [-0.4, -0.2) is 89.2 Å². The number of sulfonamides is 1. The van der Waals surface area contributed by atoms with Gasteiger partial charge in [-0.25, -0.2) is 22.5 Å². The first kappa shape index (κ1) is 41.7. The van der Waals surface area contributed by atoms with Crippen molar-refractivity contribution in [2.75, 3.05) is 19.9 Å². The van der Waals surface area contributed by atoms with Crippen LogP contribution in [0.2, 0.25) is 0 Å². The van der Waals surface area contributed by atoms with Crippen LogP contribution in [0.25, 0.3) is 22.2 Å². The van der Waals surface area contributed by atoms with Gasteiger partial charge in [-0.05, 0) is 76.0 Å². The highest BCUT2D eigenvalue weighted by molar-refractivity contribution is 7.91. The molecular formula is C43H54FN5O8S. The number of aliphatic hydroxyl groups is 1. The van der Waals surface area contributed by atoms with E-state index in [2.05, 4.69) is 10.6 Å². The molecule has 4 unspecified atom stereocenters. The lowest BCUT2D eigenvalue weighted by atomic mass is 9.86. The molecule has 1 aliphatic carbocycles. The van der Waals surface area contributed by atoms with Gasteiger partial charge in [-0.15, -0.1) is 0 Å². The van der Waals surface area contributed by atoms with Gasteiger partial charge in [-0.1, -0.05) is 69.2 Å². The van der Waals surface area contributed by atoms with E-state index in [0.29, 0.717) is 74.1 Å². The van der Waals surface area contributed by atoms with Crippen LogP contribution < -0.4 is 20.1 Å². The fourth-order valence-corrected chi connectivity index (χ4v) is 9.43. The number of ether oxygens (including phenoxy) is 2. The maximum Gasteiger partial charge on any atom is 0.286 e. The summed E-state index contributed by atoms with van der Waals surface area (Å²) in [5.74, 6) is -2.22. The van der Waals surface area contributed by atoms with Crippen molar-refractivity contribution in [3.63, 3.8) is 0 Å². The zero-order chi connectivity index (χ0) is 41.3. The van der Waals surface area contributed by atoms with Gasteiger partial charge in [0.15, 0.2) is 0 Å². The largest absolute Gasteiger partial charge is 0.483 e. The Labute approximate surface area is 339 Å². The molecule has 1 spiro atoms. The van der Waals surface area contributed by atoms with Crippen LogP contribution in [0, 0.1) is 11.7 Å². The van der Waals surface area contributed by atoms with Crippen molar-refractivity contribution < 1.29 is 41.8 Å². The van der Waals surface area contributed by atoms with Crippen LogP contribution in [0.4, 0.5) is 4.39 Å². The molecule has 3 amide bonds. The summed E-state index contributed by atoms with van der Waals surface area (Å²) in [6.07, 6.45) is 7.90. The number of nitrogens with one attached hydrogen (secondary N) is 3. The first-order chi connectivity index (χ1) is 27.6. The molecule has 3 aromatic rings. The lowest BCUT2D eigenvalue weighted by molar-refractivity contribution is -0.151. The molecule has 4 aliphatic rings. The summed E-state index contributed by atoms with van der Waals surface area (Å²) >= 11 is 0. The summed E-state index contributed by atoms with van der Waals surface area (Å²) in [7, 11) is -4.17. The summed E-state index contributed by atoms with van der Waals surface area (Å²) in [6.45, 7) is 6.15. The monoisotopic (exact) mass is 819 g/mol. The van der Waals surface area contributed by atoms with E-state index in [1.165, 1.54) is 24.0 Å². The Bertz CT molecular complexity index is 2200. The topological polar surface area (TPSA) is 176 Å². The van der Waals surface area contributed by atoms with Crippen LogP contribution in [0.15, 0.2) is 60.7 Å². The Morgan fingerprint density at radius 1 is 1.10 bits per heavy atom. The molecule has 1 saturated carbocycles. The van der Waals surface area contributed by atoms with Gasteiger partial charge in [0.25, 0.3) is 5.91 Å². The molecule has 0 bridgehead atoms. The molecule has 0 radical (unpaired) electrons. The van der Waals surface area contributed by atoms with Crippen molar-refractivity contribution in [1.29, 1.82) is 0 Å². The molecular weight excluding hydrogens is 766 g/mol. The van der Waals surface area contributed by atoms with E-state index in [1.54, 1.807) is 24.3 Å². The highest BCUT2D eigenvalue weighted by Crippen LogP contribution is 2.47. The van der Waals surface area contributed by atoms with Gasteiger partial charge in [0, 0.05) is 29.4 Å². The Hall–Kier alpha value is -4.44. The molecule has 4 N–H and O–H groups in total. The molecule has 3 aliphatic heterocycles. The normalized spacial score (nSPS) is 26.3. The molecule has 13 nitrogen and oxygen atoms in total. The highest BCUT2D eigenvalue weighted by atomic mass is 32.2. The summed E-state index contributed by atoms with van der Waals surface area (Å²) in [6, 6.07) is 11.8. The van der Waals surface area contributed by atoms with E-state index in [4.69, 9.17) is 14.5 Å². The van der Waals surface area contributed by atoms with Gasteiger partial charge < -0.3 is 24.8 Å². The standard InChI is InChI=1S/C43H54FN5O8S/c1-28(2)25-56-27-45-34-17-8-6-4-5-7-11-19-43(53,40(52)48-58(54,55)41(3)21-22-41)47-38(50)35-24-42(26-49(35)39(34)51)20-18-32-31-15-9-10-16-33(31)46-36(37(32)57-42)29-13-12-14-30(44)23-29/h7,9-16,23,28,34-35,45,53H,4-6,8,17-22,24-27H2,1-3H3,(H,47,50)(H,48,52). The smallest absolute Gasteiger partial charge is 0.286 e. The SMILES string of the molecule is CC(C)COCNC1CCCCCC=CCC(O)(C(=O)NS(=O)(=O)C2(C)CC2)NC(=O)C2CC3(CCc4c(c(-c5cccc(F)c5)nc5ccccc45)O3)CN2C1=O. The summed E-state index contributed by atoms with van der Waals surface area (Å²) < 4.78 is 54.6. The number of fused-ring (bicyclic) bond motifs is 4. The van der Waals surface area contributed by atoms with E-state index in [9.17, 15) is 32.3 Å². The summed E-state index contributed by atoms with van der Waals surface area (Å²) in [5, 5.41) is 18.5. The van der Waals surface area contributed by atoms with Crippen molar-refractivity contribution in [2.24, 2.45) is 5.92 Å². The number of hydrogen-bond acceptors (Lipinski definition) is 10. The first-order valence-electron chi connectivity index (χ1n) is 20.4. The number of carbonyl (C=O) groups is 3. The van der Waals surface area contributed by atoms with Gasteiger partial charge in [-0.3, -0.25) is 19.7 Å². The van der Waals surface area contributed by atoms with Gasteiger partial charge in [0.1, 0.15) is 28.9 Å². The van der Waals surface area contributed by atoms with Crippen molar-refractivity contribution >= 4 is 38.6 Å². The molecule has 312 valence electrons. The zero-order valence-electron chi connectivity index (χ0n) is 33.4. The number of aromatic nitrogens is 1. The number of amides is 3. The number of halogens is 1. The Morgan fingerprint density at radius 3 is 2.66 bits per heavy atom. The zero-order valence-corrected chi connectivity index (χ0v) is 34.2. The van der Waals surface area contributed by atoms with Crippen LogP contribution in [0.3, 0.4) is 0 Å². The number of nitrogens with zero attached hydrogens (tertiary/aromatic N) is 2. The quantitative estimate of drug-likeness (QED) is 0.131. The third kappa shape index (κ3) is 8.77. The van der Waals surface area contributed by atoms with E-state index in [0.717, 1.165) is 23.8 Å². The van der Waals surface area contributed by atoms with Crippen molar-refractivity contribution in [3.05, 3.63) is 72.1 Å². The minimum Gasteiger partial charge on any atom is -0.483 e. The van der Waals surface area contributed by atoms with E-state index < -0.39 is 62.2 Å². The fraction of sp³-hybridized carbons (Fsp3) is 0.535. The van der Waals surface area contributed by atoms with Gasteiger partial charge in [-0.2, -0.15) is 0 Å². The maximum absolute atomic E-state index is 14.8. The number of rotatable bonds is 9. The number of aryl methyl sites for hydroxylation is 1. The van der Waals surface area contributed by atoms with Crippen molar-refractivity contribution in [2.45, 2.75) is 120 Å². The minimum absolute atomic E-state index is 0.0128.